The quantitative estimate of drug-likeness (QED) is 0.794. The summed E-state index contributed by atoms with van der Waals surface area (Å²) in [6, 6.07) is 0. The number of carbonyl (C=O) groups excluding carboxylic acids is 2. The molecule has 3 rings (SSSR count). The molecule has 5 heteroatoms. The Kier molecular flexibility index (Phi) is 3.54. The van der Waals surface area contributed by atoms with Crippen LogP contribution in [-0.2, 0) is 14.4 Å². The molecular formula is C16H23NO4. The van der Waals surface area contributed by atoms with Gasteiger partial charge in [-0.15, -0.1) is 0 Å². The molecule has 2 aliphatic carbocycles. The SMILES string of the molecule is O=C1CC2(CCCCCC2)C(=O)N1C1(C(=O)O)CCCC1. The number of rotatable bonds is 2. The lowest BCUT2D eigenvalue weighted by Crippen LogP contribution is -2.56. The van der Waals surface area contributed by atoms with Crippen molar-refractivity contribution < 1.29 is 19.5 Å². The summed E-state index contributed by atoms with van der Waals surface area (Å²) >= 11 is 0. The molecule has 1 saturated heterocycles. The topological polar surface area (TPSA) is 74.7 Å². The van der Waals surface area contributed by atoms with Gasteiger partial charge in [0.05, 0.1) is 5.41 Å². The summed E-state index contributed by atoms with van der Waals surface area (Å²) in [5.41, 5.74) is -1.86. The third-order valence-corrected chi connectivity index (χ3v) is 5.71. The summed E-state index contributed by atoms with van der Waals surface area (Å²) in [5, 5.41) is 9.66. The van der Waals surface area contributed by atoms with Crippen molar-refractivity contribution in [1.82, 2.24) is 4.90 Å². The average Bonchev–Trinajstić information content (AvgIpc) is 2.91. The molecule has 1 aliphatic heterocycles. The molecule has 21 heavy (non-hydrogen) atoms. The van der Waals surface area contributed by atoms with Crippen LogP contribution in [0, 0.1) is 5.41 Å². The Morgan fingerprint density at radius 2 is 1.43 bits per heavy atom. The second-order valence-corrected chi connectivity index (χ2v) is 6.95. The highest BCUT2D eigenvalue weighted by Gasteiger charge is 2.60. The molecule has 3 fully saturated rings. The number of carbonyl (C=O) groups is 3. The van der Waals surface area contributed by atoms with E-state index >= 15 is 0 Å². The van der Waals surface area contributed by atoms with Crippen LogP contribution in [0.5, 0.6) is 0 Å². The third kappa shape index (κ3) is 2.09. The zero-order chi connectivity index (χ0) is 15.1. The number of nitrogens with zero attached hydrogens (tertiary/aromatic N) is 1. The van der Waals surface area contributed by atoms with Gasteiger partial charge in [-0.2, -0.15) is 0 Å². The van der Waals surface area contributed by atoms with E-state index in [0.717, 1.165) is 56.3 Å². The Hall–Kier alpha value is -1.39. The van der Waals surface area contributed by atoms with Gasteiger partial charge in [-0.25, -0.2) is 4.79 Å². The molecule has 1 N–H and O–H groups in total. The smallest absolute Gasteiger partial charge is 0.330 e. The predicted molar refractivity (Wildman–Crippen MR) is 75.4 cm³/mol. The van der Waals surface area contributed by atoms with Crippen molar-refractivity contribution in [1.29, 1.82) is 0 Å². The summed E-state index contributed by atoms with van der Waals surface area (Å²) in [4.78, 5) is 38.4. The molecular weight excluding hydrogens is 270 g/mol. The number of carboxylic acid groups (broad SMARTS) is 1. The van der Waals surface area contributed by atoms with E-state index in [-0.39, 0.29) is 18.2 Å². The first-order chi connectivity index (χ1) is 10.0. The van der Waals surface area contributed by atoms with E-state index in [2.05, 4.69) is 0 Å². The molecule has 0 aromatic heterocycles. The van der Waals surface area contributed by atoms with E-state index in [9.17, 15) is 19.5 Å². The minimum Gasteiger partial charge on any atom is -0.479 e. The fraction of sp³-hybridized carbons (Fsp3) is 0.812. The molecule has 0 atom stereocenters. The van der Waals surface area contributed by atoms with Gasteiger partial charge in [-0.1, -0.05) is 38.5 Å². The maximum absolute atomic E-state index is 13.0. The Labute approximate surface area is 124 Å². The van der Waals surface area contributed by atoms with E-state index in [1.807, 2.05) is 0 Å². The number of imide groups is 1. The van der Waals surface area contributed by atoms with E-state index in [4.69, 9.17) is 0 Å². The van der Waals surface area contributed by atoms with Crippen molar-refractivity contribution in [2.45, 2.75) is 76.2 Å². The van der Waals surface area contributed by atoms with Gasteiger partial charge in [0.1, 0.15) is 5.54 Å². The van der Waals surface area contributed by atoms with Crippen LogP contribution in [0.3, 0.4) is 0 Å². The standard InChI is InChI=1S/C16H23NO4/c18-12-11-15(7-3-1-2-4-8-15)13(19)17(12)16(14(20)21)9-5-6-10-16/h1-11H2,(H,20,21). The molecule has 116 valence electrons. The maximum atomic E-state index is 13.0. The van der Waals surface area contributed by atoms with Gasteiger partial charge in [0, 0.05) is 6.42 Å². The van der Waals surface area contributed by atoms with Gasteiger partial charge in [0.15, 0.2) is 0 Å². The molecule has 3 aliphatic rings. The lowest BCUT2D eigenvalue weighted by atomic mass is 9.78. The second kappa shape index (κ2) is 5.11. The molecule has 0 radical (unpaired) electrons. The molecule has 2 saturated carbocycles. The molecule has 0 aromatic carbocycles. The summed E-state index contributed by atoms with van der Waals surface area (Å²) in [6.07, 6.45) is 8.22. The van der Waals surface area contributed by atoms with E-state index < -0.39 is 16.9 Å². The minimum absolute atomic E-state index is 0.196. The Morgan fingerprint density at radius 1 is 0.905 bits per heavy atom. The predicted octanol–water partition coefficient (Wildman–Crippen LogP) is 2.48. The third-order valence-electron chi connectivity index (χ3n) is 5.71. The van der Waals surface area contributed by atoms with Crippen LogP contribution in [0.4, 0.5) is 0 Å². The van der Waals surface area contributed by atoms with Gasteiger partial charge in [-0.05, 0) is 25.7 Å². The highest BCUT2D eigenvalue weighted by molar-refractivity contribution is 6.09. The lowest BCUT2D eigenvalue weighted by Gasteiger charge is -2.35. The second-order valence-electron chi connectivity index (χ2n) is 6.95. The number of hydrogen-bond acceptors (Lipinski definition) is 3. The first-order valence-corrected chi connectivity index (χ1v) is 8.13. The van der Waals surface area contributed by atoms with Crippen LogP contribution in [0.25, 0.3) is 0 Å². The zero-order valence-corrected chi connectivity index (χ0v) is 12.4. The highest BCUT2D eigenvalue weighted by atomic mass is 16.4. The monoisotopic (exact) mass is 293 g/mol. The number of aliphatic carboxylic acids is 1. The Bertz CT molecular complexity index is 471. The van der Waals surface area contributed by atoms with Gasteiger partial charge in [0.25, 0.3) is 0 Å². The number of amides is 2. The van der Waals surface area contributed by atoms with Crippen LogP contribution in [0.15, 0.2) is 0 Å². The van der Waals surface area contributed by atoms with Crippen LogP contribution in [-0.4, -0.2) is 33.3 Å². The van der Waals surface area contributed by atoms with Crippen LogP contribution < -0.4 is 0 Å². The highest BCUT2D eigenvalue weighted by Crippen LogP contribution is 2.49. The summed E-state index contributed by atoms with van der Waals surface area (Å²) in [5.74, 6) is -1.46. The minimum atomic E-state index is -1.26. The molecule has 1 spiro atoms. The molecule has 5 nitrogen and oxygen atoms in total. The average molecular weight is 293 g/mol. The zero-order valence-electron chi connectivity index (χ0n) is 12.4. The normalized spacial score (nSPS) is 28.1. The number of hydrogen-bond donors (Lipinski definition) is 1. The number of carboxylic acids is 1. The van der Waals surface area contributed by atoms with Gasteiger partial charge in [0.2, 0.25) is 11.8 Å². The lowest BCUT2D eigenvalue weighted by molar-refractivity contribution is -0.164. The van der Waals surface area contributed by atoms with Crippen molar-refractivity contribution in [3.8, 4) is 0 Å². The van der Waals surface area contributed by atoms with Gasteiger partial charge < -0.3 is 5.11 Å². The van der Waals surface area contributed by atoms with E-state index in [1.165, 1.54) is 0 Å². The van der Waals surface area contributed by atoms with Crippen LogP contribution in [0.2, 0.25) is 0 Å². The first kappa shape index (κ1) is 14.5. The first-order valence-electron chi connectivity index (χ1n) is 8.13. The fourth-order valence-corrected chi connectivity index (χ4v) is 4.52. The Morgan fingerprint density at radius 3 is 1.95 bits per heavy atom. The largest absolute Gasteiger partial charge is 0.479 e. The Balaban J connectivity index is 1.95. The molecule has 2 amide bonds. The van der Waals surface area contributed by atoms with E-state index in [0.29, 0.717) is 12.8 Å². The summed E-state index contributed by atoms with van der Waals surface area (Å²) in [6.45, 7) is 0. The fourth-order valence-electron chi connectivity index (χ4n) is 4.52. The van der Waals surface area contributed by atoms with Crippen molar-refractivity contribution in [3.63, 3.8) is 0 Å². The van der Waals surface area contributed by atoms with Crippen LogP contribution in [0.1, 0.15) is 70.6 Å². The maximum Gasteiger partial charge on any atom is 0.330 e. The molecule has 0 unspecified atom stereocenters. The van der Waals surface area contributed by atoms with Crippen molar-refractivity contribution in [2.24, 2.45) is 5.41 Å². The van der Waals surface area contributed by atoms with Crippen molar-refractivity contribution in [2.75, 3.05) is 0 Å². The number of likely N-dealkylation sites (tertiary alicyclic amines) is 1. The summed E-state index contributed by atoms with van der Waals surface area (Å²) < 4.78 is 0. The van der Waals surface area contributed by atoms with Crippen LogP contribution >= 0.6 is 0 Å². The molecule has 0 bridgehead atoms. The molecule has 1 heterocycles. The summed E-state index contributed by atoms with van der Waals surface area (Å²) in [7, 11) is 0. The van der Waals surface area contributed by atoms with E-state index in [1.54, 1.807) is 0 Å². The van der Waals surface area contributed by atoms with Gasteiger partial charge >= 0.3 is 5.97 Å². The van der Waals surface area contributed by atoms with Crippen molar-refractivity contribution in [3.05, 3.63) is 0 Å². The van der Waals surface area contributed by atoms with Gasteiger partial charge in [-0.3, -0.25) is 14.5 Å². The van der Waals surface area contributed by atoms with Crippen molar-refractivity contribution >= 4 is 17.8 Å². The molecule has 0 aromatic rings.